The Labute approximate surface area is 75.0 Å². The number of hydrogen-bond donors (Lipinski definition) is 1. The Kier molecular flexibility index (Phi) is 3.45. The molecule has 0 aromatic carbocycles. The fraction of sp³-hybridized carbons (Fsp3) is 0.900. The van der Waals surface area contributed by atoms with Crippen LogP contribution in [-0.2, 0) is 4.79 Å². The number of hydrogen-bond acceptors (Lipinski definition) is 2. The van der Waals surface area contributed by atoms with Crippen LogP contribution in [-0.4, -0.2) is 17.0 Å². The van der Waals surface area contributed by atoms with Crippen molar-refractivity contribution in [3.63, 3.8) is 0 Å². The van der Waals surface area contributed by atoms with Crippen LogP contribution in [0.2, 0.25) is 0 Å². The predicted octanol–water partition coefficient (Wildman–Crippen LogP) is 2.01. The Morgan fingerprint density at radius 1 is 1.33 bits per heavy atom. The summed E-state index contributed by atoms with van der Waals surface area (Å²) in [5.41, 5.74) is -1.17. The van der Waals surface area contributed by atoms with Crippen LogP contribution in [0.25, 0.3) is 0 Å². The molecule has 0 aliphatic carbocycles. The molecule has 2 heteroatoms. The molecule has 0 aliphatic rings. The third kappa shape index (κ3) is 3.35. The van der Waals surface area contributed by atoms with Crippen LogP contribution < -0.4 is 0 Å². The lowest BCUT2D eigenvalue weighted by Crippen LogP contribution is -2.37. The summed E-state index contributed by atoms with van der Waals surface area (Å²) in [5.74, 6) is 0.178. The number of carbonyl (C=O) groups is 1. The van der Waals surface area contributed by atoms with Gasteiger partial charge in [-0.15, -0.1) is 0 Å². The summed E-state index contributed by atoms with van der Waals surface area (Å²) in [4.78, 5) is 10.6. The fourth-order valence-electron chi connectivity index (χ4n) is 1.17. The molecule has 0 spiro atoms. The maximum Gasteiger partial charge on any atom is 0.125 e. The summed E-state index contributed by atoms with van der Waals surface area (Å²) < 4.78 is 0. The lowest BCUT2D eigenvalue weighted by atomic mass is 9.77. The monoisotopic (exact) mass is 172 g/mol. The molecule has 0 aromatic rings. The molecule has 0 rings (SSSR count). The minimum atomic E-state index is -0.746. The summed E-state index contributed by atoms with van der Waals surface area (Å²) in [6, 6.07) is 0. The highest BCUT2D eigenvalue weighted by Crippen LogP contribution is 2.30. The van der Waals surface area contributed by atoms with Crippen LogP contribution in [0.15, 0.2) is 0 Å². The van der Waals surface area contributed by atoms with Crippen molar-refractivity contribution < 1.29 is 9.90 Å². The van der Waals surface area contributed by atoms with E-state index < -0.39 is 11.0 Å². The van der Waals surface area contributed by atoms with Crippen LogP contribution in [0.3, 0.4) is 0 Å². The third-order valence-corrected chi connectivity index (χ3v) is 2.38. The highest BCUT2D eigenvalue weighted by molar-refractivity contribution is 5.58. The van der Waals surface area contributed by atoms with Crippen molar-refractivity contribution in [2.24, 2.45) is 11.3 Å². The molecule has 12 heavy (non-hydrogen) atoms. The van der Waals surface area contributed by atoms with E-state index in [1.807, 2.05) is 27.7 Å². The molecular formula is C10H20O2. The van der Waals surface area contributed by atoms with Crippen LogP contribution in [0.5, 0.6) is 0 Å². The van der Waals surface area contributed by atoms with Gasteiger partial charge in [0.15, 0.2) is 0 Å². The van der Waals surface area contributed by atoms with E-state index >= 15 is 0 Å². The Morgan fingerprint density at radius 3 is 2.00 bits per heavy atom. The molecule has 0 aliphatic heterocycles. The van der Waals surface area contributed by atoms with Crippen molar-refractivity contribution in [1.29, 1.82) is 0 Å². The first-order chi connectivity index (χ1) is 5.21. The second-order valence-corrected chi connectivity index (χ2v) is 4.80. The normalized spacial score (nSPS) is 17.6. The minimum Gasteiger partial charge on any atom is -0.390 e. The van der Waals surface area contributed by atoms with Gasteiger partial charge in [-0.1, -0.05) is 27.7 Å². The van der Waals surface area contributed by atoms with E-state index in [0.29, 0.717) is 6.42 Å². The molecule has 0 radical (unpaired) electrons. The summed E-state index contributed by atoms with van der Waals surface area (Å²) in [6.45, 7) is 9.39. The average Bonchev–Trinajstić information content (AvgIpc) is 1.85. The predicted molar refractivity (Wildman–Crippen MR) is 49.9 cm³/mol. The molecule has 1 N–H and O–H groups in total. The fourth-order valence-corrected chi connectivity index (χ4v) is 1.17. The lowest BCUT2D eigenvalue weighted by molar-refractivity contribution is -0.119. The van der Waals surface area contributed by atoms with Gasteiger partial charge < -0.3 is 9.90 Å². The highest BCUT2D eigenvalue weighted by atomic mass is 16.3. The van der Waals surface area contributed by atoms with E-state index in [1.165, 1.54) is 0 Å². The molecule has 0 heterocycles. The van der Waals surface area contributed by atoms with Crippen molar-refractivity contribution in [1.82, 2.24) is 0 Å². The maximum absolute atomic E-state index is 10.6. The number of aliphatic hydroxyl groups is 1. The van der Waals surface area contributed by atoms with Crippen molar-refractivity contribution in [3.05, 3.63) is 0 Å². The van der Waals surface area contributed by atoms with Crippen LogP contribution in [0.1, 0.15) is 41.0 Å². The van der Waals surface area contributed by atoms with E-state index in [4.69, 9.17) is 0 Å². The van der Waals surface area contributed by atoms with Gasteiger partial charge in [-0.3, -0.25) is 0 Å². The Morgan fingerprint density at radius 2 is 1.75 bits per heavy atom. The summed E-state index contributed by atoms with van der Waals surface area (Å²) in [6.07, 6.45) is 1.42. The summed E-state index contributed by atoms with van der Waals surface area (Å²) in [5, 5.41) is 9.90. The number of aldehydes is 1. The average molecular weight is 172 g/mol. The molecule has 72 valence electrons. The third-order valence-electron chi connectivity index (χ3n) is 2.38. The quantitative estimate of drug-likeness (QED) is 0.659. The number of rotatable bonds is 4. The molecule has 1 atom stereocenters. The molecular weight excluding hydrogens is 152 g/mol. The van der Waals surface area contributed by atoms with Gasteiger partial charge in [0.1, 0.15) is 6.29 Å². The van der Waals surface area contributed by atoms with Crippen molar-refractivity contribution in [2.75, 3.05) is 0 Å². The standard InChI is InChI=1S/C10H20O2/c1-8(2)10(5,12)6-9(3,4)7-11/h7-8,12H,6H2,1-5H3. The first-order valence-electron chi connectivity index (χ1n) is 4.40. The van der Waals surface area contributed by atoms with E-state index in [-0.39, 0.29) is 5.92 Å². The Hall–Kier alpha value is -0.370. The van der Waals surface area contributed by atoms with Gasteiger partial charge in [-0.2, -0.15) is 0 Å². The molecule has 0 saturated heterocycles. The second-order valence-electron chi connectivity index (χ2n) is 4.80. The summed E-state index contributed by atoms with van der Waals surface area (Å²) in [7, 11) is 0. The van der Waals surface area contributed by atoms with Gasteiger partial charge in [0.2, 0.25) is 0 Å². The topological polar surface area (TPSA) is 37.3 Å². The summed E-state index contributed by atoms with van der Waals surface area (Å²) >= 11 is 0. The molecule has 2 nitrogen and oxygen atoms in total. The van der Waals surface area contributed by atoms with Gasteiger partial charge in [0.25, 0.3) is 0 Å². The Bertz CT molecular complexity index is 157. The van der Waals surface area contributed by atoms with Crippen LogP contribution in [0.4, 0.5) is 0 Å². The smallest absolute Gasteiger partial charge is 0.125 e. The van der Waals surface area contributed by atoms with Crippen molar-refractivity contribution in [3.8, 4) is 0 Å². The molecule has 0 saturated carbocycles. The Balaban J connectivity index is 4.33. The first-order valence-corrected chi connectivity index (χ1v) is 4.40. The van der Waals surface area contributed by atoms with E-state index in [1.54, 1.807) is 6.92 Å². The molecule has 0 aromatic heterocycles. The van der Waals surface area contributed by atoms with E-state index in [2.05, 4.69) is 0 Å². The number of carbonyl (C=O) groups excluding carboxylic acids is 1. The zero-order valence-corrected chi connectivity index (χ0v) is 8.72. The van der Waals surface area contributed by atoms with E-state index in [0.717, 1.165) is 6.29 Å². The van der Waals surface area contributed by atoms with Crippen LogP contribution >= 0.6 is 0 Å². The zero-order valence-electron chi connectivity index (χ0n) is 8.72. The van der Waals surface area contributed by atoms with Gasteiger partial charge in [-0.05, 0) is 19.3 Å². The molecule has 1 unspecified atom stereocenters. The largest absolute Gasteiger partial charge is 0.390 e. The first kappa shape index (κ1) is 11.6. The molecule has 0 amide bonds. The van der Waals surface area contributed by atoms with E-state index in [9.17, 15) is 9.90 Å². The molecule has 0 fully saturated rings. The maximum atomic E-state index is 10.6. The van der Waals surface area contributed by atoms with Gasteiger partial charge >= 0.3 is 0 Å². The zero-order chi connectivity index (χ0) is 9.99. The highest BCUT2D eigenvalue weighted by Gasteiger charge is 2.32. The van der Waals surface area contributed by atoms with Gasteiger partial charge in [0.05, 0.1) is 5.60 Å². The molecule has 0 bridgehead atoms. The van der Waals surface area contributed by atoms with Crippen molar-refractivity contribution >= 4 is 6.29 Å². The minimum absolute atomic E-state index is 0.178. The van der Waals surface area contributed by atoms with Crippen molar-refractivity contribution in [2.45, 2.75) is 46.6 Å². The SMILES string of the molecule is CC(C)C(C)(O)CC(C)(C)C=O. The van der Waals surface area contributed by atoms with Crippen LogP contribution in [0, 0.1) is 11.3 Å². The second kappa shape index (κ2) is 3.56. The van der Waals surface area contributed by atoms with Gasteiger partial charge in [-0.25, -0.2) is 0 Å². The lowest BCUT2D eigenvalue weighted by Gasteiger charge is -2.33. The van der Waals surface area contributed by atoms with Gasteiger partial charge in [0, 0.05) is 5.41 Å².